The molecule has 2 aromatic rings. The molecule has 0 aliphatic heterocycles. The molecule has 6 nitrogen and oxygen atoms in total. The summed E-state index contributed by atoms with van der Waals surface area (Å²) < 4.78 is 1.56. The quantitative estimate of drug-likeness (QED) is 0.541. The van der Waals surface area contributed by atoms with Gasteiger partial charge in [-0.05, 0) is 24.8 Å². The highest BCUT2D eigenvalue weighted by molar-refractivity contribution is 7.99. The Labute approximate surface area is 139 Å². The second-order valence-electron chi connectivity index (χ2n) is 5.19. The van der Waals surface area contributed by atoms with Crippen molar-refractivity contribution in [3.63, 3.8) is 0 Å². The van der Waals surface area contributed by atoms with E-state index in [4.69, 9.17) is 0 Å². The van der Waals surface area contributed by atoms with Crippen molar-refractivity contribution in [2.24, 2.45) is 0 Å². The molecule has 1 aromatic carbocycles. The Hall–Kier alpha value is -2.02. The highest BCUT2D eigenvalue weighted by Crippen LogP contribution is 2.12. The summed E-state index contributed by atoms with van der Waals surface area (Å²) in [5.41, 5.74) is 1.05. The van der Waals surface area contributed by atoms with Crippen LogP contribution >= 0.6 is 11.8 Å². The minimum absolute atomic E-state index is 0.0402. The van der Waals surface area contributed by atoms with E-state index in [1.54, 1.807) is 4.57 Å². The zero-order chi connectivity index (χ0) is 16.5. The van der Waals surface area contributed by atoms with E-state index in [1.165, 1.54) is 17.3 Å². The van der Waals surface area contributed by atoms with E-state index in [-0.39, 0.29) is 17.3 Å². The van der Waals surface area contributed by atoms with Crippen LogP contribution in [0, 0.1) is 0 Å². The maximum Gasteiger partial charge on any atom is 0.343 e. The molecule has 0 saturated heterocycles. The minimum Gasteiger partial charge on any atom is -0.355 e. The summed E-state index contributed by atoms with van der Waals surface area (Å²) in [7, 11) is 0. The molecule has 2 rings (SSSR count). The Bertz CT molecular complexity index is 666. The fourth-order valence-electron chi connectivity index (χ4n) is 2.18. The molecule has 0 spiro atoms. The Balaban J connectivity index is 1.68. The van der Waals surface area contributed by atoms with Crippen molar-refractivity contribution in [3.8, 4) is 0 Å². The molecule has 0 radical (unpaired) electrons. The number of aryl methyl sites for hydroxylation is 1. The highest BCUT2D eigenvalue weighted by Gasteiger charge is 2.10. The number of benzene rings is 1. The standard InChI is InChI=1S/C16H22N4O2S/c1-2-11-20-15(22)18-19-16(20)23-12-14(21)17-10-6-9-13-7-4-3-5-8-13/h3-5,7-8H,2,6,9-12H2,1H3,(H,17,21)(H,18,22). The molecule has 23 heavy (non-hydrogen) atoms. The molecule has 0 bridgehead atoms. The molecule has 1 heterocycles. The molecule has 124 valence electrons. The van der Waals surface area contributed by atoms with E-state index in [1.807, 2.05) is 25.1 Å². The molecule has 0 fully saturated rings. The van der Waals surface area contributed by atoms with Gasteiger partial charge in [-0.15, -0.1) is 5.10 Å². The van der Waals surface area contributed by atoms with Crippen LogP contribution in [0.4, 0.5) is 0 Å². The van der Waals surface area contributed by atoms with Gasteiger partial charge in [0, 0.05) is 13.1 Å². The number of rotatable bonds is 9. The summed E-state index contributed by atoms with van der Waals surface area (Å²) >= 11 is 1.28. The maximum absolute atomic E-state index is 11.8. The summed E-state index contributed by atoms with van der Waals surface area (Å²) in [6.45, 7) is 3.25. The van der Waals surface area contributed by atoms with Gasteiger partial charge in [-0.2, -0.15) is 0 Å². The minimum atomic E-state index is -0.224. The van der Waals surface area contributed by atoms with E-state index in [0.717, 1.165) is 19.3 Å². The van der Waals surface area contributed by atoms with Crippen LogP contribution in [0.1, 0.15) is 25.3 Å². The third kappa shape index (κ3) is 5.59. The Kier molecular flexibility index (Phi) is 6.93. The molecular weight excluding hydrogens is 312 g/mol. The number of nitrogens with zero attached hydrogens (tertiary/aromatic N) is 2. The van der Waals surface area contributed by atoms with Crippen molar-refractivity contribution in [2.75, 3.05) is 12.3 Å². The highest BCUT2D eigenvalue weighted by atomic mass is 32.2. The third-order valence-electron chi connectivity index (χ3n) is 3.31. The predicted molar refractivity (Wildman–Crippen MR) is 91.6 cm³/mol. The number of aromatic nitrogens is 3. The number of aromatic amines is 1. The zero-order valence-electron chi connectivity index (χ0n) is 13.2. The van der Waals surface area contributed by atoms with E-state index >= 15 is 0 Å². The van der Waals surface area contributed by atoms with Crippen molar-refractivity contribution < 1.29 is 4.79 Å². The normalized spacial score (nSPS) is 10.7. The maximum atomic E-state index is 11.8. The van der Waals surface area contributed by atoms with Crippen LogP contribution in [0.25, 0.3) is 0 Å². The Morgan fingerprint density at radius 2 is 2.13 bits per heavy atom. The SMILES string of the molecule is CCCn1c(SCC(=O)NCCCc2ccccc2)n[nH]c1=O. The lowest BCUT2D eigenvalue weighted by Crippen LogP contribution is -2.26. The molecule has 1 amide bonds. The van der Waals surface area contributed by atoms with Crippen LogP contribution in [0.2, 0.25) is 0 Å². The largest absolute Gasteiger partial charge is 0.355 e. The molecule has 0 unspecified atom stereocenters. The lowest BCUT2D eigenvalue weighted by atomic mass is 10.1. The number of hydrogen-bond acceptors (Lipinski definition) is 4. The van der Waals surface area contributed by atoms with Gasteiger partial charge < -0.3 is 5.32 Å². The van der Waals surface area contributed by atoms with E-state index in [0.29, 0.717) is 18.2 Å². The second-order valence-corrected chi connectivity index (χ2v) is 6.13. The van der Waals surface area contributed by atoms with Gasteiger partial charge in [-0.25, -0.2) is 9.89 Å². The topological polar surface area (TPSA) is 79.8 Å². The van der Waals surface area contributed by atoms with Gasteiger partial charge in [0.15, 0.2) is 5.16 Å². The van der Waals surface area contributed by atoms with Gasteiger partial charge in [-0.3, -0.25) is 9.36 Å². The first-order valence-corrected chi connectivity index (χ1v) is 8.78. The number of carbonyl (C=O) groups is 1. The average molecular weight is 334 g/mol. The van der Waals surface area contributed by atoms with E-state index in [9.17, 15) is 9.59 Å². The van der Waals surface area contributed by atoms with Gasteiger partial charge >= 0.3 is 5.69 Å². The summed E-state index contributed by atoms with van der Waals surface area (Å²) in [6.07, 6.45) is 2.70. The third-order valence-corrected chi connectivity index (χ3v) is 4.29. The molecule has 0 atom stereocenters. The van der Waals surface area contributed by atoms with Gasteiger partial charge in [0.05, 0.1) is 5.75 Å². The summed E-state index contributed by atoms with van der Waals surface area (Å²) in [5, 5.41) is 9.83. The van der Waals surface area contributed by atoms with Crippen molar-refractivity contribution in [2.45, 2.75) is 37.9 Å². The Morgan fingerprint density at radius 1 is 1.35 bits per heavy atom. The van der Waals surface area contributed by atoms with Crippen LogP contribution in [-0.2, 0) is 17.8 Å². The molecule has 1 aromatic heterocycles. The number of nitrogens with one attached hydrogen (secondary N) is 2. The number of thioether (sulfide) groups is 1. The number of amides is 1. The molecule has 7 heteroatoms. The van der Waals surface area contributed by atoms with Crippen molar-refractivity contribution in [3.05, 3.63) is 46.4 Å². The second kappa shape index (κ2) is 9.19. The van der Waals surface area contributed by atoms with Crippen molar-refractivity contribution in [1.29, 1.82) is 0 Å². The first-order chi connectivity index (χ1) is 11.2. The molecule has 2 N–H and O–H groups in total. The van der Waals surface area contributed by atoms with Gasteiger partial charge in [-0.1, -0.05) is 49.0 Å². The van der Waals surface area contributed by atoms with Gasteiger partial charge in [0.25, 0.3) is 0 Å². The van der Waals surface area contributed by atoms with Gasteiger partial charge in [0.1, 0.15) is 0 Å². The number of hydrogen-bond donors (Lipinski definition) is 2. The summed E-state index contributed by atoms with van der Waals surface area (Å²) in [6, 6.07) is 10.2. The lowest BCUT2D eigenvalue weighted by molar-refractivity contribution is -0.118. The fourth-order valence-corrected chi connectivity index (χ4v) is 2.98. The molecule has 0 saturated carbocycles. The lowest BCUT2D eigenvalue weighted by Gasteiger charge is -2.06. The zero-order valence-corrected chi connectivity index (χ0v) is 14.1. The van der Waals surface area contributed by atoms with Crippen LogP contribution in [0.3, 0.4) is 0 Å². The first kappa shape index (κ1) is 17.3. The predicted octanol–water partition coefficient (Wildman–Crippen LogP) is 1.82. The smallest absolute Gasteiger partial charge is 0.343 e. The van der Waals surface area contributed by atoms with Crippen LogP contribution in [0.15, 0.2) is 40.3 Å². The first-order valence-electron chi connectivity index (χ1n) is 7.79. The van der Waals surface area contributed by atoms with Crippen LogP contribution in [0.5, 0.6) is 0 Å². The van der Waals surface area contributed by atoms with E-state index < -0.39 is 0 Å². The van der Waals surface area contributed by atoms with Crippen LogP contribution in [-0.4, -0.2) is 33.0 Å². The molecule has 0 aliphatic rings. The molecular formula is C16H22N4O2S. The fraction of sp³-hybridized carbons (Fsp3) is 0.438. The number of carbonyl (C=O) groups excluding carboxylic acids is 1. The van der Waals surface area contributed by atoms with Crippen molar-refractivity contribution >= 4 is 17.7 Å². The summed E-state index contributed by atoms with van der Waals surface area (Å²) in [5.74, 6) is 0.223. The van der Waals surface area contributed by atoms with E-state index in [2.05, 4.69) is 27.6 Å². The van der Waals surface area contributed by atoms with Gasteiger partial charge in [0.2, 0.25) is 5.91 Å². The van der Waals surface area contributed by atoms with Crippen LogP contribution < -0.4 is 11.0 Å². The Morgan fingerprint density at radius 3 is 2.87 bits per heavy atom. The monoisotopic (exact) mass is 334 g/mol. The molecule has 0 aliphatic carbocycles. The average Bonchev–Trinajstić information content (AvgIpc) is 2.91. The van der Waals surface area contributed by atoms with Crippen molar-refractivity contribution in [1.82, 2.24) is 20.1 Å². The number of H-pyrrole nitrogens is 1. The summed E-state index contributed by atoms with van der Waals surface area (Å²) in [4.78, 5) is 23.4.